The Hall–Kier alpha value is -2.19. The Kier molecular flexibility index (Phi) is 6.68. The van der Waals surface area contributed by atoms with Gasteiger partial charge < -0.3 is 24.4 Å². The molecule has 0 aromatic heterocycles. The van der Waals surface area contributed by atoms with Crippen molar-refractivity contribution < 1.29 is 29.0 Å². The molecule has 1 spiro atoms. The minimum Gasteiger partial charge on any atom is -0.465 e. The molecule has 4 rings (SSSR count). The quantitative estimate of drug-likeness (QED) is 0.468. The van der Waals surface area contributed by atoms with Gasteiger partial charge in [0.25, 0.3) is 0 Å². The van der Waals surface area contributed by atoms with Crippen LogP contribution in [-0.4, -0.2) is 81.8 Å². The van der Waals surface area contributed by atoms with Crippen LogP contribution in [-0.2, 0) is 23.9 Å². The van der Waals surface area contributed by atoms with E-state index < -0.39 is 41.1 Å². The number of hydrogen-bond donors (Lipinski definition) is 1. The van der Waals surface area contributed by atoms with Gasteiger partial charge in [0.05, 0.1) is 25.2 Å². The molecule has 8 heteroatoms. The summed E-state index contributed by atoms with van der Waals surface area (Å²) in [6, 6.07) is -1.59. The number of nitrogens with zero attached hydrogens (tertiary/aromatic N) is 2. The maximum absolute atomic E-state index is 14.2. The van der Waals surface area contributed by atoms with Crippen LogP contribution in [0.2, 0.25) is 0 Å². The fourth-order valence-electron chi connectivity index (χ4n) is 6.36. The highest BCUT2D eigenvalue weighted by Gasteiger charge is 2.76. The third-order valence-corrected chi connectivity index (χ3v) is 7.84. The average molecular weight is 475 g/mol. The van der Waals surface area contributed by atoms with E-state index in [9.17, 15) is 19.5 Å². The summed E-state index contributed by atoms with van der Waals surface area (Å²) in [5, 5.41) is 10.3. The summed E-state index contributed by atoms with van der Waals surface area (Å²) in [4.78, 5) is 44.9. The number of aliphatic hydroxyl groups is 1. The molecule has 1 N–H and O–H groups in total. The minimum atomic E-state index is -1.31. The van der Waals surface area contributed by atoms with Gasteiger partial charge in [0.2, 0.25) is 11.8 Å². The predicted octanol–water partition coefficient (Wildman–Crippen LogP) is 2.06. The van der Waals surface area contributed by atoms with Crippen LogP contribution >= 0.6 is 0 Å². The Morgan fingerprint density at radius 2 is 1.82 bits per heavy atom. The van der Waals surface area contributed by atoms with Crippen molar-refractivity contribution in [3.05, 3.63) is 24.3 Å². The number of carbonyl (C=O) groups is 3. The van der Waals surface area contributed by atoms with Gasteiger partial charge in [-0.2, -0.15) is 0 Å². The summed E-state index contributed by atoms with van der Waals surface area (Å²) < 4.78 is 12.4. The van der Waals surface area contributed by atoms with Gasteiger partial charge >= 0.3 is 5.97 Å². The van der Waals surface area contributed by atoms with Crippen molar-refractivity contribution in [2.75, 3.05) is 19.8 Å². The Balaban J connectivity index is 1.92. The zero-order chi connectivity index (χ0) is 24.8. The number of esters is 1. The fourth-order valence-corrected chi connectivity index (χ4v) is 6.36. The molecular formula is C26H38N2O6. The van der Waals surface area contributed by atoms with Crippen LogP contribution in [0.25, 0.3) is 0 Å². The number of ether oxygens (including phenoxy) is 2. The van der Waals surface area contributed by atoms with Crippen LogP contribution in [0.5, 0.6) is 0 Å². The topological polar surface area (TPSA) is 96.4 Å². The first kappa shape index (κ1) is 24.9. The molecule has 0 radical (unpaired) electrons. The van der Waals surface area contributed by atoms with Gasteiger partial charge in [0.1, 0.15) is 23.2 Å². The molecule has 0 aromatic rings. The Labute approximate surface area is 201 Å². The van der Waals surface area contributed by atoms with Crippen molar-refractivity contribution in [1.29, 1.82) is 0 Å². The molecular weight excluding hydrogens is 436 g/mol. The molecule has 4 aliphatic rings. The van der Waals surface area contributed by atoms with Gasteiger partial charge in [-0.15, -0.1) is 0 Å². The molecule has 1 unspecified atom stereocenters. The lowest BCUT2D eigenvalue weighted by Gasteiger charge is -2.41. The number of hydrogen-bond acceptors (Lipinski definition) is 6. The monoisotopic (exact) mass is 474 g/mol. The number of aliphatic hydroxyl groups excluding tert-OH is 1. The highest BCUT2D eigenvalue weighted by atomic mass is 16.6. The maximum Gasteiger partial charge on any atom is 0.313 e. The molecule has 0 bridgehead atoms. The summed E-state index contributed by atoms with van der Waals surface area (Å²) in [5.74, 6) is -2.56. The normalized spacial score (nSPS) is 36.2. The van der Waals surface area contributed by atoms with E-state index >= 15 is 0 Å². The van der Waals surface area contributed by atoms with Gasteiger partial charge in [-0.25, -0.2) is 0 Å². The lowest BCUT2D eigenvalue weighted by atomic mass is 9.73. The van der Waals surface area contributed by atoms with E-state index in [1.54, 1.807) is 4.90 Å². The maximum atomic E-state index is 14.2. The van der Waals surface area contributed by atoms with Crippen LogP contribution < -0.4 is 0 Å². The van der Waals surface area contributed by atoms with Gasteiger partial charge in [-0.3, -0.25) is 14.4 Å². The number of cyclic esters (lactones) is 1. The van der Waals surface area contributed by atoms with Crippen molar-refractivity contribution in [3.63, 3.8) is 0 Å². The molecule has 2 amide bonds. The molecule has 0 aliphatic carbocycles. The number of likely N-dealkylation sites (tertiary alicyclic amines) is 1. The average Bonchev–Trinajstić information content (AvgIpc) is 3.12. The van der Waals surface area contributed by atoms with E-state index in [0.717, 1.165) is 0 Å². The molecule has 6 atom stereocenters. The molecule has 188 valence electrons. The smallest absolute Gasteiger partial charge is 0.313 e. The first-order valence-corrected chi connectivity index (χ1v) is 12.6. The second-order valence-electron chi connectivity index (χ2n) is 10.7. The van der Waals surface area contributed by atoms with Crippen LogP contribution in [0.15, 0.2) is 24.3 Å². The summed E-state index contributed by atoms with van der Waals surface area (Å²) >= 11 is 0. The standard InChI is InChI=1S/C26H38N2O6/c1-6-25-10-7-8-13-33-24(32)20(25)19-22(30)28(18(15-29)14-16(2)3)21-23(31)27(17(4)5)12-9-11-26(19,21)34-25/h7,9-11,16-21,29H,6,8,12-15H2,1-5H3/t18-,19+,20-,21?,25+,26+/m1/s1. The van der Waals surface area contributed by atoms with E-state index in [1.807, 2.05) is 58.9 Å². The largest absolute Gasteiger partial charge is 0.465 e. The van der Waals surface area contributed by atoms with Gasteiger partial charge in [0, 0.05) is 12.6 Å². The SMILES string of the molecule is CC[C@]12C=CCCOC(=O)[C@H]1[C@H]1C(=O)N([C@@H](CO)CC(C)C)C3C(=O)N(C(C)C)CC=C[C@@]31O2. The number of fused-ring (bicyclic) bond motifs is 2. The van der Waals surface area contributed by atoms with Gasteiger partial charge in [-0.1, -0.05) is 45.1 Å². The highest BCUT2D eigenvalue weighted by molar-refractivity contribution is 5.99. The molecule has 8 nitrogen and oxygen atoms in total. The minimum absolute atomic E-state index is 0.0824. The third kappa shape index (κ3) is 3.61. The van der Waals surface area contributed by atoms with E-state index in [1.165, 1.54) is 4.90 Å². The third-order valence-electron chi connectivity index (χ3n) is 7.84. The molecule has 4 heterocycles. The van der Waals surface area contributed by atoms with Crippen molar-refractivity contribution in [3.8, 4) is 0 Å². The number of carbonyl (C=O) groups excluding carboxylic acids is 3. The molecule has 4 aliphatic heterocycles. The lowest BCUT2D eigenvalue weighted by Crippen LogP contribution is -2.59. The lowest BCUT2D eigenvalue weighted by molar-refractivity contribution is -0.164. The van der Waals surface area contributed by atoms with Crippen molar-refractivity contribution in [2.45, 2.75) is 83.2 Å². The van der Waals surface area contributed by atoms with Crippen LogP contribution in [0.4, 0.5) is 0 Å². The predicted molar refractivity (Wildman–Crippen MR) is 125 cm³/mol. The number of amides is 2. The van der Waals surface area contributed by atoms with Gasteiger partial charge in [-0.05, 0) is 39.0 Å². The molecule has 0 aromatic carbocycles. The van der Waals surface area contributed by atoms with E-state index in [0.29, 0.717) is 25.8 Å². The van der Waals surface area contributed by atoms with Gasteiger partial charge in [0.15, 0.2) is 0 Å². The molecule has 2 saturated heterocycles. The number of rotatable bonds is 6. The summed E-state index contributed by atoms with van der Waals surface area (Å²) in [5.41, 5.74) is -2.34. The molecule has 2 fully saturated rings. The van der Waals surface area contributed by atoms with Crippen LogP contribution in [0, 0.1) is 17.8 Å². The van der Waals surface area contributed by atoms with E-state index in [-0.39, 0.29) is 37.0 Å². The Bertz CT molecular complexity index is 898. The Morgan fingerprint density at radius 3 is 2.44 bits per heavy atom. The van der Waals surface area contributed by atoms with E-state index in [4.69, 9.17) is 9.47 Å². The first-order chi connectivity index (χ1) is 16.1. The van der Waals surface area contributed by atoms with Crippen molar-refractivity contribution in [1.82, 2.24) is 9.80 Å². The summed E-state index contributed by atoms with van der Waals surface area (Å²) in [7, 11) is 0. The van der Waals surface area contributed by atoms with Crippen molar-refractivity contribution >= 4 is 17.8 Å². The first-order valence-electron chi connectivity index (χ1n) is 12.6. The zero-order valence-corrected chi connectivity index (χ0v) is 20.9. The molecule has 34 heavy (non-hydrogen) atoms. The van der Waals surface area contributed by atoms with E-state index in [2.05, 4.69) is 0 Å². The summed E-state index contributed by atoms with van der Waals surface area (Å²) in [6.45, 7) is 10.2. The molecule has 0 saturated carbocycles. The Morgan fingerprint density at radius 1 is 1.09 bits per heavy atom. The fraction of sp³-hybridized carbons (Fsp3) is 0.731. The van der Waals surface area contributed by atoms with Crippen molar-refractivity contribution in [2.24, 2.45) is 17.8 Å². The van der Waals surface area contributed by atoms with Crippen LogP contribution in [0.3, 0.4) is 0 Å². The zero-order valence-electron chi connectivity index (χ0n) is 20.9. The second kappa shape index (κ2) is 9.11. The second-order valence-corrected chi connectivity index (χ2v) is 10.7. The highest BCUT2D eigenvalue weighted by Crippen LogP contribution is 2.58. The summed E-state index contributed by atoms with van der Waals surface area (Å²) in [6.07, 6.45) is 9.14. The van der Waals surface area contributed by atoms with Crippen LogP contribution in [0.1, 0.15) is 53.9 Å².